The van der Waals surface area contributed by atoms with E-state index in [-0.39, 0.29) is 5.88 Å². The van der Waals surface area contributed by atoms with E-state index in [2.05, 4.69) is 24.9 Å². The molecule has 1 N–H and O–H groups in total. The molecule has 1 aliphatic heterocycles. The fourth-order valence-electron chi connectivity index (χ4n) is 2.27. The zero-order chi connectivity index (χ0) is 16.7. The number of nitrogens with one attached hydrogen (secondary N) is 1. The SMILES string of the molecule is CCNC(=NCc1ccc(OCC(F)(F)F)nc1)N1CCCC1. The predicted octanol–water partition coefficient (Wildman–Crippen LogP) is 2.58. The third kappa shape index (κ3) is 5.96. The van der Waals surface area contributed by atoms with Crippen LogP contribution in [0.15, 0.2) is 23.3 Å². The summed E-state index contributed by atoms with van der Waals surface area (Å²) in [6, 6.07) is 3.11. The molecule has 1 saturated heterocycles. The first kappa shape index (κ1) is 17.4. The first-order chi connectivity index (χ1) is 11.0. The van der Waals surface area contributed by atoms with Gasteiger partial charge in [-0.05, 0) is 25.3 Å². The molecule has 0 atom stereocenters. The molecule has 1 aliphatic rings. The summed E-state index contributed by atoms with van der Waals surface area (Å²) in [5.74, 6) is 0.823. The summed E-state index contributed by atoms with van der Waals surface area (Å²) in [6.07, 6.45) is -0.543. The lowest BCUT2D eigenvalue weighted by Gasteiger charge is -2.20. The zero-order valence-corrected chi connectivity index (χ0v) is 13.1. The van der Waals surface area contributed by atoms with Gasteiger partial charge >= 0.3 is 6.18 Å². The van der Waals surface area contributed by atoms with E-state index in [4.69, 9.17) is 0 Å². The Labute approximate surface area is 133 Å². The van der Waals surface area contributed by atoms with Gasteiger partial charge in [-0.2, -0.15) is 13.2 Å². The Kier molecular flexibility index (Phi) is 6.06. The normalized spacial score (nSPS) is 15.8. The zero-order valence-electron chi connectivity index (χ0n) is 13.1. The highest BCUT2D eigenvalue weighted by Gasteiger charge is 2.28. The van der Waals surface area contributed by atoms with E-state index >= 15 is 0 Å². The fourth-order valence-corrected chi connectivity index (χ4v) is 2.27. The Balaban J connectivity index is 1.92. The number of hydrogen-bond acceptors (Lipinski definition) is 3. The lowest BCUT2D eigenvalue weighted by Crippen LogP contribution is -2.39. The van der Waals surface area contributed by atoms with Crippen molar-refractivity contribution in [2.45, 2.75) is 32.5 Å². The molecular weight excluding hydrogens is 309 g/mol. The molecule has 8 heteroatoms. The maximum atomic E-state index is 12.1. The van der Waals surface area contributed by atoms with Crippen LogP contribution in [0.3, 0.4) is 0 Å². The van der Waals surface area contributed by atoms with Crippen molar-refractivity contribution in [2.75, 3.05) is 26.2 Å². The molecule has 0 amide bonds. The molecule has 2 rings (SSSR count). The van der Waals surface area contributed by atoms with E-state index in [1.54, 1.807) is 6.07 Å². The van der Waals surface area contributed by atoms with Gasteiger partial charge in [0.15, 0.2) is 12.6 Å². The van der Waals surface area contributed by atoms with Gasteiger partial charge in [-0.1, -0.05) is 6.07 Å². The van der Waals surface area contributed by atoms with E-state index in [0.717, 1.165) is 44.0 Å². The van der Waals surface area contributed by atoms with Crippen LogP contribution in [-0.4, -0.2) is 48.3 Å². The monoisotopic (exact) mass is 330 g/mol. The molecule has 1 fully saturated rings. The molecule has 0 aliphatic carbocycles. The number of likely N-dealkylation sites (tertiary alicyclic amines) is 1. The molecule has 0 spiro atoms. The molecule has 2 heterocycles. The van der Waals surface area contributed by atoms with Crippen LogP contribution in [0, 0.1) is 0 Å². The van der Waals surface area contributed by atoms with Crippen LogP contribution in [-0.2, 0) is 6.54 Å². The van der Waals surface area contributed by atoms with E-state index in [0.29, 0.717) is 6.54 Å². The van der Waals surface area contributed by atoms with Crippen LogP contribution in [0.25, 0.3) is 0 Å². The number of halogens is 3. The molecule has 0 bridgehead atoms. The Morgan fingerprint density at radius 1 is 1.35 bits per heavy atom. The van der Waals surface area contributed by atoms with Crippen molar-refractivity contribution in [3.63, 3.8) is 0 Å². The second-order valence-corrected chi connectivity index (χ2v) is 5.27. The van der Waals surface area contributed by atoms with Gasteiger partial charge in [-0.25, -0.2) is 9.98 Å². The molecule has 5 nitrogen and oxygen atoms in total. The maximum Gasteiger partial charge on any atom is 0.422 e. The number of pyridine rings is 1. The van der Waals surface area contributed by atoms with Crippen molar-refractivity contribution in [1.82, 2.24) is 15.2 Å². The lowest BCUT2D eigenvalue weighted by atomic mass is 10.3. The summed E-state index contributed by atoms with van der Waals surface area (Å²) in [5.41, 5.74) is 0.818. The molecule has 128 valence electrons. The Morgan fingerprint density at radius 3 is 2.65 bits per heavy atom. The minimum Gasteiger partial charge on any atom is -0.468 e. The Bertz CT molecular complexity index is 510. The van der Waals surface area contributed by atoms with E-state index in [1.807, 2.05) is 6.92 Å². The van der Waals surface area contributed by atoms with Gasteiger partial charge in [0, 0.05) is 31.9 Å². The summed E-state index contributed by atoms with van der Waals surface area (Å²) in [6.45, 7) is 3.88. The largest absolute Gasteiger partial charge is 0.468 e. The molecule has 0 aromatic carbocycles. The quantitative estimate of drug-likeness (QED) is 0.666. The highest BCUT2D eigenvalue weighted by molar-refractivity contribution is 5.80. The third-order valence-corrected chi connectivity index (χ3v) is 3.33. The van der Waals surface area contributed by atoms with Crippen LogP contribution in [0.4, 0.5) is 13.2 Å². The molecule has 23 heavy (non-hydrogen) atoms. The second-order valence-electron chi connectivity index (χ2n) is 5.27. The van der Waals surface area contributed by atoms with Crippen molar-refractivity contribution in [2.24, 2.45) is 4.99 Å². The summed E-state index contributed by atoms with van der Waals surface area (Å²) in [5, 5.41) is 3.25. The molecule has 1 aromatic heterocycles. The number of guanidine groups is 1. The van der Waals surface area contributed by atoms with Crippen LogP contribution in [0.2, 0.25) is 0 Å². The van der Waals surface area contributed by atoms with E-state index < -0.39 is 12.8 Å². The minimum atomic E-state index is -4.36. The fraction of sp³-hybridized carbons (Fsp3) is 0.600. The number of alkyl halides is 3. The average Bonchev–Trinajstić information content (AvgIpc) is 3.04. The summed E-state index contributed by atoms with van der Waals surface area (Å²) < 4.78 is 40.8. The molecule has 0 saturated carbocycles. The van der Waals surface area contributed by atoms with Crippen molar-refractivity contribution in [3.05, 3.63) is 23.9 Å². The Hall–Kier alpha value is -1.99. The van der Waals surface area contributed by atoms with E-state index in [1.165, 1.54) is 12.3 Å². The number of aromatic nitrogens is 1. The van der Waals surface area contributed by atoms with Crippen molar-refractivity contribution in [3.8, 4) is 5.88 Å². The second kappa shape index (κ2) is 8.03. The molecular formula is C15H21F3N4O. The maximum absolute atomic E-state index is 12.1. The molecule has 1 aromatic rings. The van der Waals surface area contributed by atoms with Gasteiger partial charge < -0.3 is 15.0 Å². The van der Waals surface area contributed by atoms with Gasteiger partial charge in [0.1, 0.15) is 0 Å². The number of rotatable bonds is 5. The summed E-state index contributed by atoms with van der Waals surface area (Å²) >= 11 is 0. The highest BCUT2D eigenvalue weighted by Crippen LogP contribution is 2.17. The number of nitrogens with zero attached hydrogens (tertiary/aromatic N) is 3. The van der Waals surface area contributed by atoms with Crippen LogP contribution < -0.4 is 10.1 Å². The lowest BCUT2D eigenvalue weighted by molar-refractivity contribution is -0.154. The van der Waals surface area contributed by atoms with Gasteiger partial charge in [-0.3, -0.25) is 0 Å². The number of hydrogen-bond donors (Lipinski definition) is 1. The van der Waals surface area contributed by atoms with E-state index in [9.17, 15) is 13.2 Å². The highest BCUT2D eigenvalue weighted by atomic mass is 19.4. The smallest absolute Gasteiger partial charge is 0.422 e. The third-order valence-electron chi connectivity index (χ3n) is 3.33. The molecule has 0 unspecified atom stereocenters. The summed E-state index contributed by atoms with van der Waals surface area (Å²) in [4.78, 5) is 10.6. The van der Waals surface area contributed by atoms with Crippen LogP contribution >= 0.6 is 0 Å². The van der Waals surface area contributed by atoms with Crippen LogP contribution in [0.1, 0.15) is 25.3 Å². The topological polar surface area (TPSA) is 49.8 Å². The predicted molar refractivity (Wildman–Crippen MR) is 81.4 cm³/mol. The van der Waals surface area contributed by atoms with Crippen molar-refractivity contribution < 1.29 is 17.9 Å². The minimum absolute atomic E-state index is 0.0403. The first-order valence-electron chi connectivity index (χ1n) is 7.65. The number of ether oxygens (including phenoxy) is 1. The van der Waals surface area contributed by atoms with Gasteiger partial charge in [0.05, 0.1) is 6.54 Å². The van der Waals surface area contributed by atoms with Gasteiger partial charge in [0.25, 0.3) is 0 Å². The first-order valence-corrected chi connectivity index (χ1v) is 7.65. The molecule has 0 radical (unpaired) electrons. The van der Waals surface area contributed by atoms with Gasteiger partial charge in [0.2, 0.25) is 5.88 Å². The number of aliphatic imine (C=N–C) groups is 1. The Morgan fingerprint density at radius 2 is 2.09 bits per heavy atom. The average molecular weight is 330 g/mol. The standard InChI is InChI=1S/C15H21F3N4O/c1-2-19-14(22-7-3-4-8-22)21-10-12-5-6-13(20-9-12)23-11-15(16,17)18/h5-6,9H,2-4,7-8,10-11H2,1H3,(H,19,21). The summed E-state index contributed by atoms with van der Waals surface area (Å²) in [7, 11) is 0. The van der Waals surface area contributed by atoms with Crippen LogP contribution in [0.5, 0.6) is 5.88 Å². The van der Waals surface area contributed by atoms with Crippen molar-refractivity contribution in [1.29, 1.82) is 0 Å². The van der Waals surface area contributed by atoms with Gasteiger partial charge in [-0.15, -0.1) is 0 Å². The van der Waals surface area contributed by atoms with Crippen molar-refractivity contribution >= 4 is 5.96 Å².